The number of rotatable bonds is 5. The van der Waals surface area contributed by atoms with Crippen LogP contribution in [0.15, 0.2) is 23.1 Å². The zero-order valence-electron chi connectivity index (χ0n) is 11.7. The maximum Gasteiger partial charge on any atom is 0.270 e. The Balaban J connectivity index is 2.43. The van der Waals surface area contributed by atoms with Crippen LogP contribution < -0.4 is 11.3 Å². The predicted octanol–water partition coefficient (Wildman–Crippen LogP) is 1.30. The van der Waals surface area contributed by atoms with Crippen molar-refractivity contribution in [3.8, 4) is 0 Å². The van der Waals surface area contributed by atoms with Crippen LogP contribution in [-0.4, -0.2) is 30.7 Å². The fourth-order valence-electron chi connectivity index (χ4n) is 2.44. The summed E-state index contributed by atoms with van der Waals surface area (Å²) in [5.41, 5.74) is 2.16. The van der Waals surface area contributed by atoms with Crippen LogP contribution in [0.3, 0.4) is 0 Å². The van der Waals surface area contributed by atoms with Gasteiger partial charge < -0.3 is 5.43 Å². The zero-order valence-corrected chi connectivity index (χ0v) is 12.5. The number of hydrogen-bond donors (Lipinski definition) is 2. The van der Waals surface area contributed by atoms with Crippen LogP contribution in [-0.2, 0) is 10.0 Å². The molecule has 9 heteroatoms. The zero-order chi connectivity index (χ0) is 15.6. The second-order valence-corrected chi connectivity index (χ2v) is 6.91. The quantitative estimate of drug-likeness (QED) is 0.480. The highest BCUT2D eigenvalue weighted by Crippen LogP contribution is 2.31. The molecular weight excluding hydrogens is 296 g/mol. The fourth-order valence-corrected chi connectivity index (χ4v) is 4.15. The topological polar surface area (TPSA) is 119 Å². The smallest absolute Gasteiger partial charge is 0.270 e. The third kappa shape index (κ3) is 2.99. The van der Waals surface area contributed by atoms with E-state index in [1.807, 2.05) is 6.92 Å². The van der Waals surface area contributed by atoms with Crippen molar-refractivity contribution in [2.45, 2.75) is 24.7 Å². The van der Waals surface area contributed by atoms with E-state index >= 15 is 0 Å². The highest BCUT2D eigenvalue weighted by molar-refractivity contribution is 7.89. The van der Waals surface area contributed by atoms with Gasteiger partial charge in [-0.1, -0.05) is 13.3 Å². The summed E-state index contributed by atoms with van der Waals surface area (Å²) in [6.45, 7) is 2.88. The van der Waals surface area contributed by atoms with Crippen LogP contribution in [0.5, 0.6) is 0 Å². The van der Waals surface area contributed by atoms with Crippen molar-refractivity contribution in [2.75, 3.05) is 18.5 Å². The number of hydrazine groups is 1. The molecule has 1 unspecified atom stereocenters. The number of nitro benzene ring substituents is 1. The second kappa shape index (κ2) is 5.96. The Morgan fingerprint density at radius 3 is 2.76 bits per heavy atom. The van der Waals surface area contributed by atoms with Crippen molar-refractivity contribution in [2.24, 2.45) is 11.8 Å². The number of nitrogens with two attached hydrogens (primary N) is 1. The first kappa shape index (κ1) is 15.7. The summed E-state index contributed by atoms with van der Waals surface area (Å²) >= 11 is 0. The molecule has 0 aromatic heterocycles. The molecule has 1 aromatic carbocycles. The van der Waals surface area contributed by atoms with Gasteiger partial charge in [0.25, 0.3) is 5.69 Å². The molecule has 1 aromatic rings. The lowest BCUT2D eigenvalue weighted by molar-refractivity contribution is -0.385. The number of nitrogens with one attached hydrogen (secondary N) is 1. The molecule has 0 bridgehead atoms. The van der Waals surface area contributed by atoms with Crippen molar-refractivity contribution in [3.63, 3.8) is 0 Å². The normalized spacial score (nSPS) is 19.6. The molecule has 1 aliphatic heterocycles. The molecule has 21 heavy (non-hydrogen) atoms. The third-order valence-electron chi connectivity index (χ3n) is 3.78. The molecule has 116 valence electrons. The number of sulfonamides is 1. The number of nitro groups is 1. The molecular formula is C12H18N4O4S. The van der Waals surface area contributed by atoms with Crippen molar-refractivity contribution < 1.29 is 13.3 Å². The van der Waals surface area contributed by atoms with Gasteiger partial charge in [-0.15, -0.1) is 0 Å². The SMILES string of the molecule is CCC1CCN(S(=O)(=O)c2cc([N+](=O)[O-])ccc2NN)C1. The molecule has 1 heterocycles. The van der Waals surface area contributed by atoms with Crippen LogP contribution in [0.25, 0.3) is 0 Å². The first-order valence-electron chi connectivity index (χ1n) is 6.65. The van der Waals surface area contributed by atoms with Crippen LogP contribution in [0.2, 0.25) is 0 Å². The number of hydrogen-bond acceptors (Lipinski definition) is 6. The van der Waals surface area contributed by atoms with E-state index in [0.29, 0.717) is 19.0 Å². The fraction of sp³-hybridized carbons (Fsp3) is 0.500. The summed E-state index contributed by atoms with van der Waals surface area (Å²) in [7, 11) is -3.79. The maximum atomic E-state index is 12.7. The summed E-state index contributed by atoms with van der Waals surface area (Å²) in [6, 6.07) is 3.56. The molecule has 0 spiro atoms. The minimum absolute atomic E-state index is 0.153. The third-order valence-corrected chi connectivity index (χ3v) is 5.68. The monoisotopic (exact) mass is 314 g/mol. The molecule has 3 N–H and O–H groups in total. The minimum atomic E-state index is -3.79. The van der Waals surface area contributed by atoms with Gasteiger partial charge >= 0.3 is 0 Å². The van der Waals surface area contributed by atoms with Crippen molar-refractivity contribution in [1.82, 2.24) is 4.31 Å². The predicted molar refractivity (Wildman–Crippen MR) is 78.1 cm³/mol. The van der Waals surface area contributed by atoms with Gasteiger partial charge in [0, 0.05) is 25.2 Å². The Morgan fingerprint density at radius 1 is 1.52 bits per heavy atom. The first-order valence-corrected chi connectivity index (χ1v) is 8.09. The van der Waals surface area contributed by atoms with E-state index in [1.54, 1.807) is 0 Å². The number of nitrogen functional groups attached to an aromatic ring is 1. The molecule has 0 aliphatic carbocycles. The number of benzene rings is 1. The van der Waals surface area contributed by atoms with E-state index in [-0.39, 0.29) is 16.3 Å². The van der Waals surface area contributed by atoms with E-state index in [0.717, 1.165) is 18.9 Å². The lowest BCUT2D eigenvalue weighted by Gasteiger charge is -2.18. The van der Waals surface area contributed by atoms with E-state index in [2.05, 4.69) is 5.43 Å². The highest BCUT2D eigenvalue weighted by atomic mass is 32.2. The van der Waals surface area contributed by atoms with Gasteiger partial charge in [0.1, 0.15) is 4.90 Å². The van der Waals surface area contributed by atoms with Gasteiger partial charge in [-0.3, -0.25) is 16.0 Å². The van der Waals surface area contributed by atoms with Gasteiger partial charge in [0.2, 0.25) is 10.0 Å². The van der Waals surface area contributed by atoms with Gasteiger partial charge in [-0.2, -0.15) is 4.31 Å². The molecule has 8 nitrogen and oxygen atoms in total. The van der Waals surface area contributed by atoms with Crippen LogP contribution in [0.4, 0.5) is 11.4 Å². The van der Waals surface area contributed by atoms with Gasteiger partial charge in [-0.25, -0.2) is 8.42 Å². The Morgan fingerprint density at radius 2 is 2.24 bits per heavy atom. The summed E-state index contributed by atoms with van der Waals surface area (Å²) in [5.74, 6) is 5.65. The van der Waals surface area contributed by atoms with E-state index < -0.39 is 14.9 Å². The van der Waals surface area contributed by atoms with Crippen LogP contribution in [0.1, 0.15) is 19.8 Å². The number of non-ortho nitro benzene ring substituents is 1. The number of nitrogens with zero attached hydrogens (tertiary/aromatic N) is 2. The Kier molecular flexibility index (Phi) is 4.45. The van der Waals surface area contributed by atoms with Crippen molar-refractivity contribution in [1.29, 1.82) is 0 Å². The van der Waals surface area contributed by atoms with Gasteiger partial charge in [0.15, 0.2) is 0 Å². The molecule has 1 atom stereocenters. The molecule has 0 saturated carbocycles. The molecule has 0 radical (unpaired) electrons. The molecule has 0 amide bonds. The largest absolute Gasteiger partial charge is 0.323 e. The minimum Gasteiger partial charge on any atom is -0.323 e. The highest BCUT2D eigenvalue weighted by Gasteiger charge is 2.34. The summed E-state index contributed by atoms with van der Waals surface area (Å²) in [6.07, 6.45) is 1.71. The molecule has 1 aliphatic rings. The van der Waals surface area contributed by atoms with Crippen molar-refractivity contribution >= 4 is 21.4 Å². The van der Waals surface area contributed by atoms with E-state index in [1.165, 1.54) is 16.4 Å². The lowest BCUT2D eigenvalue weighted by Crippen LogP contribution is -2.30. The average molecular weight is 314 g/mol. The first-order chi connectivity index (χ1) is 9.90. The lowest BCUT2D eigenvalue weighted by atomic mass is 10.1. The van der Waals surface area contributed by atoms with Crippen LogP contribution in [0, 0.1) is 16.0 Å². The second-order valence-electron chi connectivity index (χ2n) is 5.01. The average Bonchev–Trinajstić information content (AvgIpc) is 2.96. The Bertz CT molecular complexity index is 647. The maximum absolute atomic E-state index is 12.7. The van der Waals surface area contributed by atoms with E-state index in [4.69, 9.17) is 5.84 Å². The standard InChI is InChI=1S/C12H18N4O4S/c1-2-9-5-6-15(8-9)21(19,20)12-7-10(16(17)18)3-4-11(12)14-13/h3-4,7,9,14H,2,5-6,8,13H2,1H3. The van der Waals surface area contributed by atoms with Gasteiger partial charge in [-0.05, 0) is 18.4 Å². The van der Waals surface area contributed by atoms with Crippen molar-refractivity contribution in [3.05, 3.63) is 28.3 Å². The van der Waals surface area contributed by atoms with Gasteiger partial charge in [0.05, 0.1) is 10.6 Å². The van der Waals surface area contributed by atoms with E-state index in [9.17, 15) is 18.5 Å². The molecule has 2 rings (SSSR count). The Hall–Kier alpha value is -1.71. The van der Waals surface area contributed by atoms with Crippen LogP contribution >= 0.6 is 0 Å². The molecule has 1 fully saturated rings. The Labute approximate surface area is 123 Å². The molecule has 1 saturated heterocycles. The summed E-state index contributed by atoms with van der Waals surface area (Å²) < 4.78 is 26.7. The summed E-state index contributed by atoms with van der Waals surface area (Å²) in [4.78, 5) is 10.1. The summed E-state index contributed by atoms with van der Waals surface area (Å²) in [5, 5.41) is 10.8. The number of anilines is 1.